The van der Waals surface area contributed by atoms with Crippen molar-refractivity contribution in [3.05, 3.63) is 83.9 Å². The Kier molecular flexibility index (Phi) is 3.21. The van der Waals surface area contributed by atoms with Crippen LogP contribution in [0, 0.1) is 0 Å². The molecule has 0 spiro atoms. The first-order valence-electron chi connectivity index (χ1n) is 7.43. The van der Waals surface area contributed by atoms with Crippen molar-refractivity contribution in [3.8, 4) is 22.6 Å². The highest BCUT2D eigenvalue weighted by Gasteiger charge is 2.32. The highest BCUT2D eigenvalue weighted by atomic mass is 16.6. The maximum atomic E-state index is 12.8. The number of hydrogen-bond donors (Lipinski definition) is 1. The normalized spacial score (nSPS) is 12.9. The van der Waals surface area contributed by atoms with Gasteiger partial charge in [-0.15, -0.1) is 0 Å². The van der Waals surface area contributed by atoms with Gasteiger partial charge in [-0.25, -0.2) is 0 Å². The molecule has 0 aromatic heterocycles. The molecule has 1 unspecified atom stereocenters. The third-order valence-corrected chi connectivity index (χ3v) is 3.98. The Bertz CT molecular complexity index is 870. The second-order valence-corrected chi connectivity index (χ2v) is 5.46. The van der Waals surface area contributed by atoms with Crippen molar-refractivity contribution in [2.45, 2.75) is 6.10 Å². The molecule has 0 radical (unpaired) electrons. The SMILES string of the molecule is O=C(c1ccc2c(c1-c1ccccc1)O2)C(O)c1ccccc1. The summed E-state index contributed by atoms with van der Waals surface area (Å²) in [5.74, 6) is 1.19. The summed E-state index contributed by atoms with van der Waals surface area (Å²) in [6.07, 6.45) is -1.18. The van der Waals surface area contributed by atoms with E-state index >= 15 is 0 Å². The van der Waals surface area contributed by atoms with Crippen LogP contribution in [0.15, 0.2) is 72.8 Å². The first-order chi connectivity index (χ1) is 11.3. The average Bonchev–Trinajstić information content (AvgIpc) is 3.41. The molecule has 1 N–H and O–H groups in total. The number of fused-ring (bicyclic) bond motifs is 1. The van der Waals surface area contributed by atoms with Crippen molar-refractivity contribution in [1.82, 2.24) is 0 Å². The van der Waals surface area contributed by atoms with Crippen LogP contribution in [0.3, 0.4) is 0 Å². The van der Waals surface area contributed by atoms with Crippen molar-refractivity contribution in [1.29, 1.82) is 0 Å². The van der Waals surface area contributed by atoms with E-state index in [1.165, 1.54) is 0 Å². The first-order valence-corrected chi connectivity index (χ1v) is 7.43. The Hall–Kier alpha value is -2.91. The number of hydrogen-bond acceptors (Lipinski definition) is 3. The number of carbonyl (C=O) groups excluding carboxylic acids is 1. The molecule has 23 heavy (non-hydrogen) atoms. The van der Waals surface area contributed by atoms with Crippen molar-refractivity contribution >= 4 is 5.78 Å². The van der Waals surface area contributed by atoms with Crippen LogP contribution in [-0.2, 0) is 0 Å². The molecule has 1 aliphatic heterocycles. The minimum Gasteiger partial charge on any atom is -0.449 e. The quantitative estimate of drug-likeness (QED) is 0.449. The van der Waals surface area contributed by atoms with Gasteiger partial charge in [0.2, 0.25) is 0 Å². The van der Waals surface area contributed by atoms with Crippen LogP contribution in [0.4, 0.5) is 0 Å². The maximum Gasteiger partial charge on any atom is 0.196 e. The molecule has 0 aliphatic carbocycles. The van der Waals surface area contributed by atoms with Crippen LogP contribution < -0.4 is 4.74 Å². The summed E-state index contributed by atoms with van der Waals surface area (Å²) in [6.45, 7) is 0. The van der Waals surface area contributed by atoms with Gasteiger partial charge in [-0.3, -0.25) is 4.79 Å². The van der Waals surface area contributed by atoms with Crippen molar-refractivity contribution in [2.75, 3.05) is 0 Å². The minimum absolute atomic E-state index is 0.326. The second-order valence-electron chi connectivity index (χ2n) is 5.46. The van der Waals surface area contributed by atoms with Gasteiger partial charge in [0.25, 0.3) is 0 Å². The highest BCUT2D eigenvalue weighted by Crippen LogP contribution is 2.53. The van der Waals surface area contributed by atoms with E-state index < -0.39 is 6.10 Å². The van der Waals surface area contributed by atoms with Crippen LogP contribution in [0.5, 0.6) is 11.5 Å². The molecular formula is C20H14O3. The summed E-state index contributed by atoms with van der Waals surface area (Å²) >= 11 is 0. The lowest BCUT2D eigenvalue weighted by Gasteiger charge is -2.12. The molecule has 3 nitrogen and oxygen atoms in total. The van der Waals surface area contributed by atoms with Gasteiger partial charge in [0, 0.05) is 11.1 Å². The number of ketones is 1. The van der Waals surface area contributed by atoms with E-state index in [1.54, 1.807) is 36.4 Å². The number of Topliss-reactive ketones (excluding diaryl/α,β-unsaturated/α-hetero) is 1. The average molecular weight is 302 g/mol. The molecule has 3 heteroatoms. The van der Waals surface area contributed by atoms with E-state index in [9.17, 15) is 9.90 Å². The summed E-state index contributed by atoms with van der Waals surface area (Å²) in [7, 11) is 0. The zero-order valence-corrected chi connectivity index (χ0v) is 12.3. The molecule has 1 heterocycles. The molecule has 3 aromatic rings. The Labute approximate surface area is 133 Å². The predicted molar refractivity (Wildman–Crippen MR) is 87.7 cm³/mol. The zero-order valence-electron chi connectivity index (χ0n) is 12.3. The van der Waals surface area contributed by atoms with Gasteiger partial charge in [-0.05, 0) is 23.3 Å². The Morgan fingerprint density at radius 3 is 2.22 bits per heavy atom. The number of benzene rings is 3. The Balaban J connectivity index is 1.79. The topological polar surface area (TPSA) is 49.8 Å². The molecule has 1 atom stereocenters. The van der Waals surface area contributed by atoms with E-state index in [-0.39, 0.29) is 5.78 Å². The van der Waals surface area contributed by atoms with Crippen molar-refractivity contribution in [2.24, 2.45) is 0 Å². The van der Waals surface area contributed by atoms with Gasteiger partial charge in [0.15, 0.2) is 17.3 Å². The van der Waals surface area contributed by atoms with Gasteiger partial charge < -0.3 is 9.84 Å². The van der Waals surface area contributed by atoms with Crippen LogP contribution in [0.25, 0.3) is 11.1 Å². The monoisotopic (exact) mass is 302 g/mol. The predicted octanol–water partition coefficient (Wildman–Crippen LogP) is 4.38. The summed E-state index contributed by atoms with van der Waals surface area (Å²) in [5.41, 5.74) is 2.72. The third kappa shape index (κ3) is 2.41. The third-order valence-electron chi connectivity index (χ3n) is 3.98. The fourth-order valence-electron chi connectivity index (χ4n) is 2.76. The standard InChI is InChI=1S/C20H14O3/c21-18(14-9-5-2-6-10-14)19(22)15-11-12-16-20(23-16)17(15)13-7-3-1-4-8-13/h1-12,18,21H. The fraction of sp³-hybridized carbons (Fsp3) is 0.0500. The molecule has 0 saturated carbocycles. The van der Waals surface area contributed by atoms with Gasteiger partial charge >= 0.3 is 0 Å². The molecule has 4 rings (SSSR count). The zero-order chi connectivity index (χ0) is 15.8. The molecular weight excluding hydrogens is 288 g/mol. The van der Waals surface area contributed by atoms with Crippen molar-refractivity contribution < 1.29 is 14.6 Å². The largest absolute Gasteiger partial charge is 0.449 e. The summed E-state index contributed by atoms with van der Waals surface area (Å²) < 4.78 is 5.47. The lowest BCUT2D eigenvalue weighted by atomic mass is 9.93. The van der Waals surface area contributed by atoms with Gasteiger partial charge in [-0.1, -0.05) is 60.7 Å². The van der Waals surface area contributed by atoms with E-state index in [2.05, 4.69) is 0 Å². The minimum atomic E-state index is -1.18. The second kappa shape index (κ2) is 5.38. The van der Waals surface area contributed by atoms with Crippen LogP contribution in [-0.4, -0.2) is 10.9 Å². The molecule has 0 amide bonds. The fourth-order valence-corrected chi connectivity index (χ4v) is 2.76. The molecule has 0 bridgehead atoms. The van der Waals surface area contributed by atoms with E-state index in [1.807, 2.05) is 36.4 Å². The van der Waals surface area contributed by atoms with E-state index in [4.69, 9.17) is 4.74 Å². The van der Waals surface area contributed by atoms with Gasteiger partial charge in [0.05, 0.1) is 0 Å². The van der Waals surface area contributed by atoms with Gasteiger partial charge in [0.1, 0.15) is 6.10 Å². The maximum absolute atomic E-state index is 12.8. The number of aliphatic hydroxyl groups excluding tert-OH is 1. The number of carbonyl (C=O) groups is 1. The van der Waals surface area contributed by atoms with Gasteiger partial charge in [-0.2, -0.15) is 0 Å². The molecule has 112 valence electrons. The summed E-state index contributed by atoms with van der Waals surface area (Å²) in [4.78, 5) is 12.8. The van der Waals surface area contributed by atoms with Crippen LogP contribution >= 0.6 is 0 Å². The summed E-state index contributed by atoms with van der Waals surface area (Å²) in [5, 5.41) is 10.4. The molecule has 0 saturated heterocycles. The number of ether oxygens (including phenoxy) is 1. The van der Waals surface area contributed by atoms with E-state index in [0.29, 0.717) is 11.1 Å². The van der Waals surface area contributed by atoms with Crippen molar-refractivity contribution in [3.63, 3.8) is 0 Å². The lowest BCUT2D eigenvalue weighted by molar-refractivity contribution is 0.0748. The van der Waals surface area contributed by atoms with Crippen LogP contribution in [0.2, 0.25) is 0 Å². The van der Waals surface area contributed by atoms with E-state index in [0.717, 1.165) is 22.6 Å². The molecule has 3 aromatic carbocycles. The smallest absolute Gasteiger partial charge is 0.196 e. The highest BCUT2D eigenvalue weighted by molar-refractivity contribution is 6.07. The Morgan fingerprint density at radius 2 is 1.52 bits per heavy atom. The Morgan fingerprint density at radius 1 is 0.870 bits per heavy atom. The van der Waals surface area contributed by atoms with Crippen LogP contribution in [0.1, 0.15) is 22.0 Å². The molecule has 0 fully saturated rings. The summed E-state index contributed by atoms with van der Waals surface area (Å²) in [6, 6.07) is 22.1. The number of aliphatic hydroxyl groups is 1. The molecule has 1 aliphatic rings. The first kappa shape index (κ1) is 13.7. The lowest BCUT2D eigenvalue weighted by Crippen LogP contribution is -2.13. The number of rotatable bonds is 4.